The maximum absolute atomic E-state index is 14.7. The normalized spacial score (nSPS) is 12.1. The highest BCUT2D eigenvalue weighted by Crippen LogP contribution is 2.36. The van der Waals surface area contributed by atoms with Crippen LogP contribution in [-0.2, 0) is 32.6 Å². The Balaban J connectivity index is 1.90. The highest BCUT2D eigenvalue weighted by Gasteiger charge is 2.37. The fourth-order valence-electron chi connectivity index (χ4n) is 5.24. The Kier molecular flexibility index (Phi) is 12.2. The minimum atomic E-state index is -4.69. The molecule has 11 nitrogen and oxygen atoms in total. The van der Waals surface area contributed by atoms with E-state index in [1.165, 1.54) is 49.3 Å². The van der Waals surface area contributed by atoms with E-state index in [4.69, 9.17) is 27.9 Å². The van der Waals surface area contributed by atoms with Crippen LogP contribution < -0.4 is 14.4 Å². The third-order valence-electron chi connectivity index (χ3n) is 7.69. The molecule has 0 fully saturated rings. The minimum Gasteiger partial charge on any atom is -0.495 e. The molecule has 0 radical (unpaired) electrons. The van der Waals surface area contributed by atoms with Crippen LogP contribution in [0.1, 0.15) is 37.5 Å². The van der Waals surface area contributed by atoms with E-state index in [2.05, 4.69) is 5.32 Å². The van der Waals surface area contributed by atoms with Gasteiger partial charge in [0.2, 0.25) is 11.8 Å². The lowest BCUT2D eigenvalue weighted by atomic mass is 10.0. The second kappa shape index (κ2) is 15.9. The number of hydrogen-bond acceptors (Lipinski definition) is 7. The molecule has 0 aliphatic heterocycles. The molecule has 264 valence electrons. The second-order valence-corrected chi connectivity index (χ2v) is 15.4. The molecule has 4 rings (SSSR count). The first-order valence-electron chi connectivity index (χ1n) is 15.5. The number of amides is 2. The Morgan fingerprint density at radius 3 is 2.16 bits per heavy atom. The fraction of sp³-hybridized carbons (Fsp3) is 0.278. The topological polar surface area (TPSA) is 139 Å². The summed E-state index contributed by atoms with van der Waals surface area (Å²) < 4.78 is 35.2. The van der Waals surface area contributed by atoms with Crippen molar-refractivity contribution in [1.29, 1.82) is 0 Å². The first-order valence-corrected chi connectivity index (χ1v) is 17.7. The summed E-state index contributed by atoms with van der Waals surface area (Å²) in [5.74, 6) is -1.12. The second-order valence-electron chi connectivity index (χ2n) is 12.6. The molecule has 1 unspecified atom stereocenters. The average molecular weight is 742 g/mol. The molecule has 0 aliphatic rings. The number of methoxy groups -OCH3 is 1. The van der Waals surface area contributed by atoms with Gasteiger partial charge in [0.25, 0.3) is 15.7 Å². The number of carbonyl (C=O) groups is 2. The molecule has 4 aromatic rings. The molecule has 14 heteroatoms. The van der Waals surface area contributed by atoms with Crippen molar-refractivity contribution in [3.63, 3.8) is 0 Å². The number of nitrogens with one attached hydrogen (secondary N) is 1. The number of halogens is 2. The number of hydrogen-bond donors (Lipinski definition) is 1. The molecule has 50 heavy (non-hydrogen) atoms. The monoisotopic (exact) mass is 740 g/mol. The summed E-state index contributed by atoms with van der Waals surface area (Å²) in [7, 11) is -3.36. The Morgan fingerprint density at radius 2 is 1.56 bits per heavy atom. The van der Waals surface area contributed by atoms with Crippen LogP contribution in [0.4, 0.5) is 11.4 Å². The van der Waals surface area contributed by atoms with Crippen molar-refractivity contribution in [3.05, 3.63) is 128 Å². The lowest BCUT2D eigenvalue weighted by Gasteiger charge is -2.35. The van der Waals surface area contributed by atoms with E-state index >= 15 is 0 Å². The molecular weight excluding hydrogens is 703 g/mol. The SMILES string of the molecule is COc1ccc(Cl)cc1N(CC(=O)N(Cc1ccc(Cl)cc1)C(Cc1ccccc1)C(=O)NC(C)(C)C)S(=O)(=O)c1ccc(C)c([N+](=O)[O-])c1. The van der Waals surface area contributed by atoms with Gasteiger partial charge in [-0.1, -0.05) is 71.7 Å². The Morgan fingerprint density at radius 1 is 0.920 bits per heavy atom. The van der Waals surface area contributed by atoms with Crippen LogP contribution in [0.25, 0.3) is 0 Å². The van der Waals surface area contributed by atoms with Gasteiger partial charge < -0.3 is 15.0 Å². The molecular formula is C36H38Cl2N4O7S. The number of nitro benzene ring substituents is 1. The molecule has 0 heterocycles. The zero-order valence-electron chi connectivity index (χ0n) is 28.2. The predicted octanol–water partition coefficient (Wildman–Crippen LogP) is 6.97. The molecule has 0 aliphatic carbocycles. The number of anilines is 1. The molecule has 0 saturated carbocycles. The number of ether oxygens (including phenoxy) is 1. The van der Waals surface area contributed by atoms with E-state index in [-0.39, 0.29) is 35.0 Å². The smallest absolute Gasteiger partial charge is 0.273 e. The molecule has 0 aromatic heterocycles. The quantitative estimate of drug-likeness (QED) is 0.115. The van der Waals surface area contributed by atoms with Crippen LogP contribution in [0.2, 0.25) is 10.0 Å². The molecule has 0 saturated heterocycles. The number of sulfonamides is 1. The van der Waals surface area contributed by atoms with Gasteiger partial charge in [-0.25, -0.2) is 8.42 Å². The van der Waals surface area contributed by atoms with E-state index in [1.54, 1.807) is 24.3 Å². The molecule has 1 N–H and O–H groups in total. The maximum atomic E-state index is 14.7. The zero-order chi connectivity index (χ0) is 36.8. The van der Waals surface area contributed by atoms with Crippen molar-refractivity contribution < 1.29 is 27.7 Å². The zero-order valence-corrected chi connectivity index (χ0v) is 30.6. The summed E-state index contributed by atoms with van der Waals surface area (Å²) >= 11 is 12.5. The van der Waals surface area contributed by atoms with Crippen molar-refractivity contribution in [2.75, 3.05) is 18.0 Å². The average Bonchev–Trinajstić information content (AvgIpc) is 3.05. The standard InChI is InChI=1S/C36H38Cl2N4O7S/c1-24-11-17-29(21-30(24)42(45)46)50(47,48)41(31-20-28(38)16-18-33(31)49-5)23-34(43)40(22-26-12-14-27(37)15-13-26)32(35(44)39-36(2,3)4)19-25-9-7-6-8-10-25/h6-18,20-21,32H,19,22-23H2,1-5H3,(H,39,44). The van der Waals surface area contributed by atoms with Crippen LogP contribution in [0.3, 0.4) is 0 Å². The van der Waals surface area contributed by atoms with Gasteiger partial charge in [0.05, 0.1) is 22.6 Å². The number of benzene rings is 4. The lowest BCUT2D eigenvalue weighted by Crippen LogP contribution is -2.56. The first kappa shape index (κ1) is 38.2. The number of nitro groups is 1. The third-order valence-corrected chi connectivity index (χ3v) is 9.93. The summed E-state index contributed by atoms with van der Waals surface area (Å²) in [5, 5.41) is 15.4. The van der Waals surface area contributed by atoms with Gasteiger partial charge in [0.15, 0.2) is 0 Å². The third kappa shape index (κ3) is 9.52. The van der Waals surface area contributed by atoms with Crippen molar-refractivity contribution in [3.8, 4) is 5.75 Å². The van der Waals surface area contributed by atoms with Gasteiger partial charge in [-0.3, -0.25) is 24.0 Å². The van der Waals surface area contributed by atoms with E-state index in [1.807, 2.05) is 51.1 Å². The summed E-state index contributed by atoms with van der Waals surface area (Å²) in [6.45, 7) is 6.03. The molecule has 4 aromatic carbocycles. The molecule has 2 amide bonds. The van der Waals surface area contributed by atoms with E-state index in [0.29, 0.717) is 10.6 Å². The van der Waals surface area contributed by atoms with E-state index in [0.717, 1.165) is 15.9 Å². The summed E-state index contributed by atoms with van der Waals surface area (Å²) in [4.78, 5) is 40.8. The summed E-state index contributed by atoms with van der Waals surface area (Å²) in [5.41, 5.74) is 0.490. The van der Waals surface area contributed by atoms with Gasteiger partial charge in [-0.05, 0) is 75.2 Å². The fourth-order valence-corrected chi connectivity index (χ4v) is 6.97. The van der Waals surface area contributed by atoms with Crippen LogP contribution in [0.15, 0.2) is 95.9 Å². The number of nitrogens with zero attached hydrogens (tertiary/aromatic N) is 3. The lowest BCUT2D eigenvalue weighted by molar-refractivity contribution is -0.385. The Bertz CT molecular complexity index is 1970. The number of aryl methyl sites for hydroxylation is 1. The van der Waals surface area contributed by atoms with Gasteiger partial charge in [0.1, 0.15) is 18.3 Å². The van der Waals surface area contributed by atoms with Crippen molar-refractivity contribution in [2.45, 2.75) is 57.1 Å². The molecule has 0 spiro atoms. The molecule has 1 atom stereocenters. The van der Waals surface area contributed by atoms with Crippen LogP contribution >= 0.6 is 23.2 Å². The van der Waals surface area contributed by atoms with Gasteiger partial charge in [-0.15, -0.1) is 0 Å². The summed E-state index contributed by atoms with van der Waals surface area (Å²) in [6, 6.07) is 22.5. The van der Waals surface area contributed by atoms with E-state index < -0.39 is 55.5 Å². The number of rotatable bonds is 13. The van der Waals surface area contributed by atoms with Crippen molar-refractivity contribution in [2.24, 2.45) is 0 Å². The molecule has 0 bridgehead atoms. The minimum absolute atomic E-state index is 0.0722. The number of carbonyl (C=O) groups excluding carboxylic acids is 2. The Labute approximate surface area is 302 Å². The van der Waals surface area contributed by atoms with E-state index in [9.17, 15) is 28.1 Å². The van der Waals surface area contributed by atoms with Gasteiger partial charge in [-0.2, -0.15) is 0 Å². The van der Waals surface area contributed by atoms with Crippen molar-refractivity contribution in [1.82, 2.24) is 10.2 Å². The Hall–Kier alpha value is -4.65. The predicted molar refractivity (Wildman–Crippen MR) is 194 cm³/mol. The van der Waals surface area contributed by atoms with Gasteiger partial charge >= 0.3 is 0 Å². The van der Waals surface area contributed by atoms with Crippen molar-refractivity contribution >= 4 is 56.4 Å². The van der Waals surface area contributed by atoms with Crippen LogP contribution in [-0.4, -0.2) is 55.3 Å². The maximum Gasteiger partial charge on any atom is 0.273 e. The van der Waals surface area contributed by atoms with Crippen LogP contribution in [0.5, 0.6) is 5.75 Å². The summed E-state index contributed by atoms with van der Waals surface area (Å²) in [6.07, 6.45) is 0.111. The highest BCUT2D eigenvalue weighted by molar-refractivity contribution is 7.92. The largest absolute Gasteiger partial charge is 0.495 e. The highest BCUT2D eigenvalue weighted by atomic mass is 35.5. The van der Waals surface area contributed by atoms with Gasteiger partial charge in [0, 0.05) is 40.2 Å². The first-order chi connectivity index (χ1) is 23.5. The van der Waals surface area contributed by atoms with Crippen LogP contribution in [0, 0.1) is 17.0 Å².